The van der Waals surface area contributed by atoms with E-state index in [4.69, 9.17) is 0 Å². The summed E-state index contributed by atoms with van der Waals surface area (Å²) in [6.45, 7) is 11.9. The third-order valence-corrected chi connectivity index (χ3v) is 2.57. The van der Waals surface area contributed by atoms with Crippen molar-refractivity contribution >= 4 is 0 Å². The largest absolute Gasteiger partial charge is 0.507 e. The third-order valence-electron chi connectivity index (χ3n) is 2.57. The molecule has 0 radical (unpaired) electrons. The monoisotopic (exact) mass is 190 g/mol. The Morgan fingerprint density at radius 2 is 1.86 bits per heavy atom. The molecule has 0 saturated heterocycles. The summed E-state index contributed by atoms with van der Waals surface area (Å²) in [5.74, 6) is 0.423. The highest BCUT2D eigenvalue weighted by atomic mass is 16.3. The topological polar surface area (TPSA) is 20.2 Å². The maximum Gasteiger partial charge on any atom is 0.121 e. The summed E-state index contributed by atoms with van der Waals surface area (Å²) in [6, 6.07) is 2.03. The van der Waals surface area contributed by atoms with Crippen LogP contribution in [0.3, 0.4) is 0 Å². The fourth-order valence-corrected chi connectivity index (χ4v) is 1.79. The van der Waals surface area contributed by atoms with Crippen molar-refractivity contribution in [1.82, 2.24) is 0 Å². The number of aromatic hydroxyl groups is 1. The zero-order valence-corrected chi connectivity index (χ0v) is 9.44. The number of hydrogen-bond donors (Lipinski definition) is 1. The van der Waals surface area contributed by atoms with E-state index < -0.39 is 0 Å². The summed E-state index contributed by atoms with van der Waals surface area (Å²) in [4.78, 5) is 0. The molecule has 0 amide bonds. The van der Waals surface area contributed by atoms with Crippen LogP contribution in [0.1, 0.15) is 29.2 Å². The average molecular weight is 190 g/mol. The van der Waals surface area contributed by atoms with E-state index in [1.807, 2.05) is 26.8 Å². The Hall–Kier alpha value is -1.24. The van der Waals surface area contributed by atoms with Gasteiger partial charge in [0.15, 0.2) is 0 Å². The first-order valence-corrected chi connectivity index (χ1v) is 4.86. The van der Waals surface area contributed by atoms with Crippen LogP contribution in [0.15, 0.2) is 18.2 Å². The van der Waals surface area contributed by atoms with E-state index in [0.29, 0.717) is 5.75 Å². The van der Waals surface area contributed by atoms with Gasteiger partial charge in [-0.15, -0.1) is 0 Å². The van der Waals surface area contributed by atoms with Crippen molar-refractivity contribution in [2.75, 3.05) is 0 Å². The molecule has 0 unspecified atom stereocenters. The molecule has 0 bridgehead atoms. The predicted molar refractivity (Wildman–Crippen MR) is 60.8 cm³/mol. The second-order valence-corrected chi connectivity index (χ2v) is 4.10. The molecule has 1 nitrogen and oxygen atoms in total. The van der Waals surface area contributed by atoms with Crippen molar-refractivity contribution < 1.29 is 5.11 Å². The van der Waals surface area contributed by atoms with Crippen LogP contribution in [-0.4, -0.2) is 5.11 Å². The molecule has 0 aliphatic carbocycles. The predicted octanol–water partition coefficient (Wildman–Crippen LogP) is 3.44. The summed E-state index contributed by atoms with van der Waals surface area (Å²) in [5, 5.41) is 9.79. The first-order chi connectivity index (χ1) is 6.43. The second-order valence-electron chi connectivity index (χ2n) is 4.10. The molecule has 0 spiro atoms. The highest BCUT2D eigenvalue weighted by Gasteiger charge is 2.09. The normalized spacial score (nSPS) is 10.3. The number of phenols is 1. The molecule has 0 saturated carbocycles. The third kappa shape index (κ3) is 1.98. The first-order valence-electron chi connectivity index (χ1n) is 4.86. The maximum absolute atomic E-state index is 9.79. The minimum Gasteiger partial charge on any atom is -0.507 e. The van der Waals surface area contributed by atoms with E-state index in [2.05, 4.69) is 13.5 Å². The zero-order chi connectivity index (χ0) is 10.9. The van der Waals surface area contributed by atoms with Crippen LogP contribution in [0.4, 0.5) is 0 Å². The van der Waals surface area contributed by atoms with Gasteiger partial charge in [-0.25, -0.2) is 0 Å². The fraction of sp³-hybridized carbons (Fsp3) is 0.385. The highest BCUT2D eigenvalue weighted by Crippen LogP contribution is 2.28. The van der Waals surface area contributed by atoms with Gasteiger partial charge in [0.2, 0.25) is 0 Å². The SMILES string of the molecule is C=C(C)Cc1c(C)cc(C)c(O)c1C. The molecule has 0 aliphatic rings. The van der Waals surface area contributed by atoms with Crippen molar-refractivity contribution in [2.24, 2.45) is 0 Å². The highest BCUT2D eigenvalue weighted by molar-refractivity contribution is 5.49. The lowest BCUT2D eigenvalue weighted by Crippen LogP contribution is -1.96. The summed E-state index contributed by atoms with van der Waals surface area (Å²) in [5.41, 5.74) is 5.51. The van der Waals surface area contributed by atoms with E-state index in [-0.39, 0.29) is 0 Å². The van der Waals surface area contributed by atoms with Crippen molar-refractivity contribution in [3.05, 3.63) is 40.5 Å². The number of allylic oxidation sites excluding steroid dienone is 1. The van der Waals surface area contributed by atoms with Crippen molar-refractivity contribution in [2.45, 2.75) is 34.1 Å². The van der Waals surface area contributed by atoms with Gasteiger partial charge < -0.3 is 5.11 Å². The summed E-state index contributed by atoms with van der Waals surface area (Å²) in [6.07, 6.45) is 0.853. The second kappa shape index (κ2) is 3.87. The van der Waals surface area contributed by atoms with Crippen LogP contribution in [0, 0.1) is 20.8 Å². The maximum atomic E-state index is 9.79. The van der Waals surface area contributed by atoms with E-state index in [1.165, 1.54) is 11.1 Å². The summed E-state index contributed by atoms with van der Waals surface area (Å²) < 4.78 is 0. The quantitative estimate of drug-likeness (QED) is 0.708. The number of aryl methyl sites for hydroxylation is 2. The Morgan fingerprint density at radius 3 is 2.36 bits per heavy atom. The molecule has 0 aliphatic heterocycles. The minimum atomic E-state index is 0.423. The Balaban J connectivity index is 3.29. The van der Waals surface area contributed by atoms with Crippen LogP contribution >= 0.6 is 0 Å². The van der Waals surface area contributed by atoms with Crippen molar-refractivity contribution in [3.8, 4) is 5.75 Å². The van der Waals surface area contributed by atoms with E-state index in [0.717, 1.165) is 23.1 Å². The minimum absolute atomic E-state index is 0.423. The number of benzene rings is 1. The van der Waals surface area contributed by atoms with Gasteiger partial charge in [-0.1, -0.05) is 18.2 Å². The van der Waals surface area contributed by atoms with Crippen molar-refractivity contribution in [1.29, 1.82) is 0 Å². The number of phenolic OH excluding ortho intramolecular Hbond substituents is 1. The van der Waals surface area contributed by atoms with Gasteiger partial charge in [0.25, 0.3) is 0 Å². The van der Waals surface area contributed by atoms with Gasteiger partial charge in [-0.05, 0) is 56.4 Å². The Bertz CT molecular complexity index is 375. The van der Waals surface area contributed by atoms with E-state index >= 15 is 0 Å². The molecular formula is C13H18O. The standard InChI is InChI=1S/C13H18O/c1-8(2)6-12-9(3)7-10(4)13(14)11(12)5/h7,14H,1,6H2,2-5H3. The number of rotatable bonds is 2. The lowest BCUT2D eigenvalue weighted by Gasteiger charge is -2.13. The lowest BCUT2D eigenvalue weighted by atomic mass is 9.94. The van der Waals surface area contributed by atoms with Gasteiger partial charge in [0.05, 0.1) is 0 Å². The molecular weight excluding hydrogens is 172 g/mol. The Labute approximate surface area is 86.1 Å². The van der Waals surface area contributed by atoms with E-state index in [1.54, 1.807) is 0 Å². The molecule has 1 aromatic rings. The molecule has 1 N–H and O–H groups in total. The molecule has 14 heavy (non-hydrogen) atoms. The zero-order valence-electron chi connectivity index (χ0n) is 9.44. The van der Waals surface area contributed by atoms with Crippen LogP contribution in [0.25, 0.3) is 0 Å². The van der Waals surface area contributed by atoms with Gasteiger partial charge in [-0.2, -0.15) is 0 Å². The van der Waals surface area contributed by atoms with Crippen LogP contribution in [0.5, 0.6) is 5.75 Å². The van der Waals surface area contributed by atoms with Gasteiger partial charge in [0.1, 0.15) is 5.75 Å². The average Bonchev–Trinajstić information content (AvgIpc) is 2.09. The lowest BCUT2D eigenvalue weighted by molar-refractivity contribution is 0.466. The van der Waals surface area contributed by atoms with Crippen LogP contribution < -0.4 is 0 Å². The molecule has 0 atom stereocenters. The smallest absolute Gasteiger partial charge is 0.121 e. The van der Waals surface area contributed by atoms with Gasteiger partial charge >= 0.3 is 0 Å². The molecule has 0 fully saturated rings. The number of hydrogen-bond acceptors (Lipinski definition) is 1. The summed E-state index contributed by atoms with van der Waals surface area (Å²) >= 11 is 0. The molecule has 1 heteroatoms. The van der Waals surface area contributed by atoms with Crippen LogP contribution in [-0.2, 0) is 6.42 Å². The molecule has 0 heterocycles. The van der Waals surface area contributed by atoms with Gasteiger partial charge in [0, 0.05) is 0 Å². The molecule has 1 rings (SSSR count). The van der Waals surface area contributed by atoms with E-state index in [9.17, 15) is 5.11 Å². The summed E-state index contributed by atoms with van der Waals surface area (Å²) in [7, 11) is 0. The Kier molecular flexibility index (Phi) is 3.00. The fourth-order valence-electron chi connectivity index (χ4n) is 1.79. The van der Waals surface area contributed by atoms with Crippen LogP contribution in [0.2, 0.25) is 0 Å². The van der Waals surface area contributed by atoms with Crippen molar-refractivity contribution in [3.63, 3.8) is 0 Å². The van der Waals surface area contributed by atoms with Gasteiger partial charge in [-0.3, -0.25) is 0 Å². The first kappa shape index (κ1) is 10.8. The molecule has 76 valence electrons. The molecule has 1 aromatic carbocycles. The Morgan fingerprint density at radius 1 is 1.29 bits per heavy atom. The molecule has 0 aromatic heterocycles.